The standard InChI is InChI=1S/C16H24N2S/c1-13(2)17-16(19)18-11-7-6-10-15(18)12-14-8-4-3-5-9-14/h3-5,8-9,13,15H,6-7,10-12H2,1-2H3,(H,17,19). The van der Waals surface area contributed by atoms with Crippen LogP contribution < -0.4 is 5.32 Å². The van der Waals surface area contributed by atoms with E-state index in [2.05, 4.69) is 54.4 Å². The van der Waals surface area contributed by atoms with Gasteiger partial charge in [-0.25, -0.2) is 0 Å². The maximum Gasteiger partial charge on any atom is 0.169 e. The Kier molecular flexibility index (Phi) is 5.20. The van der Waals surface area contributed by atoms with Crippen molar-refractivity contribution in [2.24, 2.45) is 0 Å². The Morgan fingerprint density at radius 3 is 2.74 bits per heavy atom. The van der Waals surface area contributed by atoms with Gasteiger partial charge in [0.2, 0.25) is 0 Å². The molecule has 0 aromatic heterocycles. The van der Waals surface area contributed by atoms with Gasteiger partial charge in [0.15, 0.2) is 5.11 Å². The molecule has 1 aliphatic rings. The Morgan fingerprint density at radius 1 is 1.32 bits per heavy atom. The third-order valence-electron chi connectivity index (χ3n) is 3.61. The van der Waals surface area contributed by atoms with E-state index in [-0.39, 0.29) is 0 Å². The summed E-state index contributed by atoms with van der Waals surface area (Å²) in [6, 6.07) is 11.7. The van der Waals surface area contributed by atoms with Gasteiger partial charge in [-0.05, 0) is 57.3 Å². The second-order valence-electron chi connectivity index (χ2n) is 5.64. The maximum absolute atomic E-state index is 5.56. The van der Waals surface area contributed by atoms with E-state index < -0.39 is 0 Å². The molecule has 104 valence electrons. The highest BCUT2D eigenvalue weighted by Gasteiger charge is 2.24. The molecule has 2 rings (SSSR count). The van der Waals surface area contributed by atoms with Crippen molar-refractivity contribution in [1.29, 1.82) is 0 Å². The Bertz CT molecular complexity index is 402. The fourth-order valence-corrected chi connectivity index (χ4v) is 3.17. The SMILES string of the molecule is CC(C)NC(=S)N1CCCCC1Cc1ccccc1. The van der Waals surface area contributed by atoms with Crippen LogP contribution in [0.5, 0.6) is 0 Å². The lowest BCUT2D eigenvalue weighted by atomic mass is 9.96. The Morgan fingerprint density at radius 2 is 2.05 bits per heavy atom. The van der Waals surface area contributed by atoms with E-state index in [1.807, 2.05) is 0 Å². The number of nitrogens with one attached hydrogen (secondary N) is 1. The first-order valence-electron chi connectivity index (χ1n) is 7.28. The zero-order chi connectivity index (χ0) is 13.7. The first-order valence-corrected chi connectivity index (χ1v) is 7.68. The molecule has 1 aromatic carbocycles. The predicted octanol–water partition coefficient (Wildman–Crippen LogP) is 3.37. The molecule has 3 heteroatoms. The summed E-state index contributed by atoms with van der Waals surface area (Å²) in [6.07, 6.45) is 4.92. The molecule has 1 atom stereocenters. The van der Waals surface area contributed by atoms with E-state index in [1.54, 1.807) is 0 Å². The zero-order valence-electron chi connectivity index (χ0n) is 11.9. The highest BCUT2D eigenvalue weighted by atomic mass is 32.1. The summed E-state index contributed by atoms with van der Waals surface area (Å²) >= 11 is 5.56. The lowest BCUT2D eigenvalue weighted by Gasteiger charge is -2.38. The largest absolute Gasteiger partial charge is 0.360 e. The molecule has 1 N–H and O–H groups in total. The van der Waals surface area contributed by atoms with Crippen molar-refractivity contribution in [1.82, 2.24) is 10.2 Å². The van der Waals surface area contributed by atoms with Crippen LogP contribution in [0.3, 0.4) is 0 Å². The fraction of sp³-hybridized carbons (Fsp3) is 0.562. The second kappa shape index (κ2) is 6.90. The number of likely N-dealkylation sites (tertiary alicyclic amines) is 1. The highest BCUT2D eigenvalue weighted by molar-refractivity contribution is 7.80. The van der Waals surface area contributed by atoms with Crippen molar-refractivity contribution in [3.8, 4) is 0 Å². The van der Waals surface area contributed by atoms with Gasteiger partial charge >= 0.3 is 0 Å². The van der Waals surface area contributed by atoms with E-state index in [1.165, 1.54) is 24.8 Å². The lowest BCUT2D eigenvalue weighted by Crippen LogP contribution is -2.50. The van der Waals surface area contributed by atoms with Crippen LogP contribution in [0.2, 0.25) is 0 Å². The average Bonchev–Trinajstić information content (AvgIpc) is 2.39. The minimum atomic E-state index is 0.409. The van der Waals surface area contributed by atoms with Crippen LogP contribution in [0.4, 0.5) is 0 Å². The zero-order valence-corrected chi connectivity index (χ0v) is 12.7. The Balaban J connectivity index is 2.01. The number of hydrogen-bond acceptors (Lipinski definition) is 1. The van der Waals surface area contributed by atoms with Crippen molar-refractivity contribution >= 4 is 17.3 Å². The summed E-state index contributed by atoms with van der Waals surface area (Å²) in [7, 11) is 0. The van der Waals surface area contributed by atoms with Gasteiger partial charge in [0.25, 0.3) is 0 Å². The smallest absolute Gasteiger partial charge is 0.169 e. The summed E-state index contributed by atoms with van der Waals surface area (Å²) in [5.41, 5.74) is 1.41. The van der Waals surface area contributed by atoms with E-state index in [0.717, 1.165) is 18.1 Å². The van der Waals surface area contributed by atoms with Crippen molar-refractivity contribution in [3.63, 3.8) is 0 Å². The van der Waals surface area contributed by atoms with Gasteiger partial charge < -0.3 is 10.2 Å². The summed E-state index contributed by atoms with van der Waals surface area (Å²) < 4.78 is 0. The molecular formula is C16H24N2S. The quantitative estimate of drug-likeness (QED) is 0.852. The topological polar surface area (TPSA) is 15.3 Å². The van der Waals surface area contributed by atoms with E-state index in [9.17, 15) is 0 Å². The second-order valence-corrected chi connectivity index (χ2v) is 6.02. The molecule has 1 aromatic rings. The van der Waals surface area contributed by atoms with Gasteiger partial charge in [-0.15, -0.1) is 0 Å². The van der Waals surface area contributed by atoms with Crippen molar-refractivity contribution in [2.75, 3.05) is 6.54 Å². The van der Waals surface area contributed by atoms with Gasteiger partial charge in [-0.1, -0.05) is 30.3 Å². The summed E-state index contributed by atoms with van der Waals surface area (Å²) in [5, 5.41) is 4.31. The lowest BCUT2D eigenvalue weighted by molar-refractivity contribution is 0.236. The number of benzene rings is 1. The van der Waals surface area contributed by atoms with Crippen LogP contribution in [0.1, 0.15) is 38.7 Å². The molecule has 1 unspecified atom stereocenters. The molecule has 19 heavy (non-hydrogen) atoms. The minimum absolute atomic E-state index is 0.409. The number of rotatable bonds is 3. The predicted molar refractivity (Wildman–Crippen MR) is 85.4 cm³/mol. The monoisotopic (exact) mass is 276 g/mol. The normalized spacial score (nSPS) is 19.5. The number of nitrogens with zero attached hydrogens (tertiary/aromatic N) is 1. The number of piperidine rings is 1. The first-order chi connectivity index (χ1) is 9.16. The Hall–Kier alpha value is -1.09. The molecule has 0 radical (unpaired) electrons. The first kappa shape index (κ1) is 14.3. The van der Waals surface area contributed by atoms with Crippen LogP contribution in [-0.2, 0) is 6.42 Å². The molecule has 1 aliphatic heterocycles. The fourth-order valence-electron chi connectivity index (χ4n) is 2.70. The third-order valence-corrected chi connectivity index (χ3v) is 3.97. The third kappa shape index (κ3) is 4.20. The maximum atomic E-state index is 5.56. The van der Waals surface area contributed by atoms with Crippen LogP contribution >= 0.6 is 12.2 Å². The molecule has 0 aliphatic carbocycles. The molecule has 0 spiro atoms. The molecular weight excluding hydrogens is 252 g/mol. The van der Waals surface area contributed by atoms with Gasteiger partial charge in [0.1, 0.15) is 0 Å². The average molecular weight is 276 g/mol. The van der Waals surface area contributed by atoms with E-state index >= 15 is 0 Å². The summed E-state index contributed by atoms with van der Waals surface area (Å²) in [5.74, 6) is 0. The molecule has 2 nitrogen and oxygen atoms in total. The highest BCUT2D eigenvalue weighted by Crippen LogP contribution is 2.21. The van der Waals surface area contributed by atoms with Crippen LogP contribution in [-0.4, -0.2) is 28.6 Å². The van der Waals surface area contributed by atoms with E-state index in [4.69, 9.17) is 12.2 Å². The van der Waals surface area contributed by atoms with Gasteiger partial charge in [-0.3, -0.25) is 0 Å². The molecule has 1 heterocycles. The summed E-state index contributed by atoms with van der Waals surface area (Å²) in [6.45, 7) is 5.38. The van der Waals surface area contributed by atoms with Crippen molar-refractivity contribution < 1.29 is 0 Å². The minimum Gasteiger partial charge on any atom is -0.360 e. The van der Waals surface area contributed by atoms with Gasteiger partial charge in [0, 0.05) is 18.6 Å². The number of thiocarbonyl (C=S) groups is 1. The van der Waals surface area contributed by atoms with Crippen molar-refractivity contribution in [3.05, 3.63) is 35.9 Å². The molecule has 1 fully saturated rings. The molecule has 0 amide bonds. The molecule has 0 saturated carbocycles. The summed E-state index contributed by atoms with van der Waals surface area (Å²) in [4.78, 5) is 2.39. The van der Waals surface area contributed by atoms with Crippen LogP contribution in [0.15, 0.2) is 30.3 Å². The number of hydrogen-bond donors (Lipinski definition) is 1. The Labute approximate surface area is 122 Å². The van der Waals surface area contributed by atoms with Gasteiger partial charge in [-0.2, -0.15) is 0 Å². The van der Waals surface area contributed by atoms with Crippen LogP contribution in [0.25, 0.3) is 0 Å². The molecule has 0 bridgehead atoms. The molecule has 1 saturated heterocycles. The van der Waals surface area contributed by atoms with E-state index in [0.29, 0.717) is 12.1 Å². The van der Waals surface area contributed by atoms with Crippen molar-refractivity contribution in [2.45, 2.75) is 51.6 Å². The van der Waals surface area contributed by atoms with Gasteiger partial charge in [0.05, 0.1) is 0 Å². The van der Waals surface area contributed by atoms with Crippen LogP contribution in [0, 0.1) is 0 Å².